The van der Waals surface area contributed by atoms with Crippen LogP contribution in [0.25, 0.3) is 0 Å². The molecule has 32 heavy (non-hydrogen) atoms. The molecule has 0 unspecified atom stereocenters. The molecule has 0 amide bonds. The van der Waals surface area contributed by atoms with Crippen molar-refractivity contribution in [2.24, 2.45) is 0 Å². The molecule has 0 aromatic rings. The van der Waals surface area contributed by atoms with Crippen molar-refractivity contribution in [1.82, 2.24) is 0 Å². The fraction of sp³-hybridized carbons (Fsp3) is 1.00. The van der Waals surface area contributed by atoms with E-state index in [0.29, 0.717) is 26.4 Å². The summed E-state index contributed by atoms with van der Waals surface area (Å²) >= 11 is 0.750. The Kier molecular flexibility index (Phi) is 76.6. The Morgan fingerprint density at radius 3 is 0.906 bits per heavy atom. The average molecular weight is 505 g/mol. The van der Waals surface area contributed by atoms with Crippen LogP contribution in [-0.4, -0.2) is 47.2 Å². The van der Waals surface area contributed by atoms with Gasteiger partial charge in [-0.3, -0.25) is 10.5 Å². The normalized spacial score (nSPS) is 9.09. The Balaban J connectivity index is -0.0000000987. The van der Waals surface area contributed by atoms with Gasteiger partial charge in [0.2, 0.25) is 0 Å². The number of rotatable bonds is 18. The molecular weight excluding hydrogens is 448 g/mol. The van der Waals surface area contributed by atoms with E-state index in [9.17, 15) is 0 Å². The first-order valence-corrected chi connectivity index (χ1v) is 13.2. The van der Waals surface area contributed by atoms with Gasteiger partial charge in [-0.25, -0.2) is 9.78 Å². The molecule has 0 aromatic carbocycles. The molecule has 8 heteroatoms. The summed E-state index contributed by atoms with van der Waals surface area (Å²) in [5, 5.41) is 32.3. The third-order valence-electron chi connectivity index (χ3n) is 4.20. The maximum atomic E-state index is 8.29. The second-order valence-corrected chi connectivity index (χ2v) is 7.36. The van der Waals surface area contributed by atoms with Crippen LogP contribution in [0.5, 0.6) is 0 Å². The number of unbranched alkanes of at least 4 members (excludes halogenated alkanes) is 12. The summed E-state index contributed by atoms with van der Waals surface area (Å²) in [7, 11) is 0. The Morgan fingerprint density at radius 2 is 0.719 bits per heavy atom. The van der Waals surface area contributed by atoms with Crippen LogP contribution in [0.2, 0.25) is 0 Å². The molecule has 7 nitrogen and oxygen atoms in total. The first-order valence-electron chi connectivity index (χ1n) is 12.6. The minimum atomic E-state index is 0.361. The second kappa shape index (κ2) is 57.8. The molecule has 0 aliphatic carbocycles. The number of hydrogen-bond donors (Lipinski definition) is 4. The Morgan fingerprint density at radius 1 is 0.469 bits per heavy atom. The molecule has 0 saturated carbocycles. The molecule has 0 aliphatic rings. The van der Waals surface area contributed by atoms with E-state index in [4.69, 9.17) is 24.1 Å². The van der Waals surface area contributed by atoms with Crippen LogP contribution >= 0.6 is 0 Å². The van der Waals surface area contributed by atoms with Gasteiger partial charge in [0.15, 0.2) is 0 Å². The fourth-order valence-electron chi connectivity index (χ4n) is 2.26. The molecule has 0 rings (SSSR count). The molecular formula is C24H56O7Ti. The van der Waals surface area contributed by atoms with E-state index in [1.165, 1.54) is 64.2 Å². The number of aliphatic hydroxyl groups excluding tert-OH is 2. The van der Waals surface area contributed by atoms with Crippen molar-refractivity contribution in [3.63, 3.8) is 0 Å². The van der Waals surface area contributed by atoms with E-state index < -0.39 is 0 Å². The molecule has 0 bridgehead atoms. The second-order valence-electron chi connectivity index (χ2n) is 7.36. The maximum absolute atomic E-state index is 8.29. The zero-order valence-corrected chi connectivity index (χ0v) is 23.2. The predicted molar refractivity (Wildman–Crippen MR) is 129 cm³/mol. The van der Waals surface area contributed by atoms with Crippen molar-refractivity contribution in [3.8, 4) is 0 Å². The van der Waals surface area contributed by atoms with Gasteiger partial charge >= 0.3 is 23.7 Å². The van der Waals surface area contributed by atoms with Gasteiger partial charge in [-0.15, -0.1) is 0 Å². The molecule has 198 valence electrons. The first-order chi connectivity index (χ1) is 15.7. The Labute approximate surface area is 210 Å². The average Bonchev–Trinajstić information content (AvgIpc) is 2.83. The van der Waals surface area contributed by atoms with Crippen molar-refractivity contribution >= 4 is 0 Å². The fourth-order valence-corrected chi connectivity index (χ4v) is 2.26. The number of aliphatic hydroxyl groups is 2. The first kappa shape index (κ1) is 42.4. The van der Waals surface area contributed by atoms with E-state index >= 15 is 0 Å². The standard InChI is InChI=1S/2C6H14O2.2C6H14O.O.Ti/c2*1-2-3-4-5-6-8-7;2*1-2-3-4-5-6-7;;/h2*7H,2-6H2,1H3;2*7H,2-6H2,1H3;;. The van der Waals surface area contributed by atoms with Crippen molar-refractivity contribution in [2.75, 3.05) is 26.4 Å². The zero-order valence-electron chi connectivity index (χ0n) is 21.7. The van der Waals surface area contributed by atoms with Gasteiger partial charge in [0.05, 0.1) is 13.2 Å². The quantitative estimate of drug-likeness (QED) is 0.0680. The van der Waals surface area contributed by atoms with Crippen LogP contribution in [-0.2, 0) is 33.5 Å². The van der Waals surface area contributed by atoms with Gasteiger partial charge in [0, 0.05) is 13.2 Å². The molecule has 0 radical (unpaired) electrons. The van der Waals surface area contributed by atoms with Crippen LogP contribution in [0.15, 0.2) is 0 Å². The van der Waals surface area contributed by atoms with Crippen molar-refractivity contribution < 1.29 is 54.2 Å². The van der Waals surface area contributed by atoms with E-state index in [1.807, 2.05) is 0 Å². The predicted octanol–water partition coefficient (Wildman–Crippen LogP) is 7.11. The molecule has 0 fully saturated rings. The van der Waals surface area contributed by atoms with Gasteiger partial charge in [-0.1, -0.05) is 105 Å². The molecule has 0 aromatic heterocycles. The van der Waals surface area contributed by atoms with Crippen LogP contribution in [0.1, 0.15) is 130 Å². The molecule has 0 atom stereocenters. The van der Waals surface area contributed by atoms with E-state index in [-0.39, 0.29) is 0 Å². The van der Waals surface area contributed by atoms with Gasteiger partial charge in [-0.05, 0) is 25.7 Å². The Hall–Kier alpha value is 0.274. The van der Waals surface area contributed by atoms with Crippen LogP contribution in [0.3, 0.4) is 0 Å². The van der Waals surface area contributed by atoms with Crippen LogP contribution in [0, 0.1) is 0 Å². The summed E-state index contributed by atoms with van der Waals surface area (Å²) in [6, 6.07) is 0. The molecule has 0 spiro atoms. The van der Waals surface area contributed by atoms with Crippen molar-refractivity contribution in [1.29, 1.82) is 0 Å². The molecule has 0 heterocycles. The van der Waals surface area contributed by atoms with Crippen molar-refractivity contribution in [2.45, 2.75) is 130 Å². The Bertz CT molecular complexity index is 196. The minimum absolute atomic E-state index is 0.361. The van der Waals surface area contributed by atoms with E-state index in [1.54, 1.807) is 0 Å². The zero-order chi connectivity index (χ0) is 25.6. The topological polar surface area (TPSA) is 116 Å². The molecule has 0 aliphatic heterocycles. The summed E-state index contributed by atoms with van der Waals surface area (Å²) in [5.41, 5.74) is 0. The third kappa shape index (κ3) is 77.7. The van der Waals surface area contributed by atoms with Crippen molar-refractivity contribution in [3.05, 3.63) is 0 Å². The summed E-state index contributed by atoms with van der Waals surface area (Å²) < 4.78 is 8.25. The monoisotopic (exact) mass is 504 g/mol. The summed E-state index contributed by atoms with van der Waals surface area (Å²) in [6.07, 6.45) is 18.6. The van der Waals surface area contributed by atoms with E-state index in [2.05, 4.69) is 37.5 Å². The van der Waals surface area contributed by atoms with Gasteiger partial charge in [0.25, 0.3) is 0 Å². The molecule has 0 saturated heterocycles. The van der Waals surface area contributed by atoms with Crippen LogP contribution < -0.4 is 0 Å². The number of hydrogen-bond acceptors (Lipinski definition) is 7. The third-order valence-corrected chi connectivity index (χ3v) is 4.20. The van der Waals surface area contributed by atoms with E-state index in [0.717, 1.165) is 58.9 Å². The molecule has 4 N–H and O–H groups in total. The summed E-state index contributed by atoms with van der Waals surface area (Å²) in [4.78, 5) is 7.78. The van der Waals surface area contributed by atoms with Crippen LogP contribution in [0.4, 0.5) is 0 Å². The van der Waals surface area contributed by atoms with Gasteiger partial charge < -0.3 is 10.2 Å². The van der Waals surface area contributed by atoms with Gasteiger partial charge in [0.1, 0.15) is 0 Å². The SMILES string of the molecule is CCCCCCO.CCCCCCO.CCCCCCOO.CCCCCCOO.[O]=[Ti]. The van der Waals surface area contributed by atoms with Gasteiger partial charge in [-0.2, -0.15) is 0 Å². The summed E-state index contributed by atoms with van der Waals surface area (Å²) in [5.74, 6) is 0. The summed E-state index contributed by atoms with van der Waals surface area (Å²) in [6.45, 7) is 10.3.